The summed E-state index contributed by atoms with van der Waals surface area (Å²) in [7, 11) is -3.55. The summed E-state index contributed by atoms with van der Waals surface area (Å²) in [4.78, 5) is 28.7. The molecule has 4 rings (SSSR count). The lowest BCUT2D eigenvalue weighted by atomic mass is 10.1. The van der Waals surface area contributed by atoms with Gasteiger partial charge in [0.2, 0.25) is 10.0 Å². The maximum absolute atomic E-state index is 12.4. The van der Waals surface area contributed by atoms with Crippen molar-refractivity contribution in [3.63, 3.8) is 0 Å². The number of thiazole rings is 1. The molecule has 1 heterocycles. The molecule has 1 aliphatic rings. The van der Waals surface area contributed by atoms with Gasteiger partial charge in [-0.25, -0.2) is 18.1 Å². The van der Waals surface area contributed by atoms with Gasteiger partial charge in [-0.05, 0) is 61.4 Å². The number of amides is 2. The van der Waals surface area contributed by atoms with Crippen LogP contribution >= 0.6 is 11.3 Å². The number of sulfonamides is 1. The van der Waals surface area contributed by atoms with Crippen LogP contribution in [-0.2, 0) is 10.0 Å². The predicted octanol–water partition coefficient (Wildman–Crippen LogP) is 3.09. The second-order valence-corrected chi connectivity index (χ2v) is 9.35. The van der Waals surface area contributed by atoms with E-state index in [1.807, 2.05) is 0 Å². The van der Waals surface area contributed by atoms with Gasteiger partial charge in [-0.2, -0.15) is 0 Å². The van der Waals surface area contributed by atoms with Gasteiger partial charge in [0, 0.05) is 34.4 Å². The molecule has 2 aromatic carbocycles. The van der Waals surface area contributed by atoms with Crippen LogP contribution in [0.3, 0.4) is 0 Å². The third-order valence-corrected chi connectivity index (χ3v) is 6.61. The molecule has 0 radical (unpaired) electrons. The topological polar surface area (TPSA) is 117 Å². The van der Waals surface area contributed by atoms with Crippen LogP contribution in [0.25, 0.3) is 0 Å². The van der Waals surface area contributed by atoms with Crippen molar-refractivity contribution in [3.05, 3.63) is 71.2 Å². The number of nitrogens with zero attached hydrogens (tertiary/aromatic N) is 1. The zero-order valence-electron chi connectivity index (χ0n) is 15.7. The van der Waals surface area contributed by atoms with Gasteiger partial charge in [0.05, 0.1) is 4.90 Å². The molecule has 1 aromatic heterocycles. The zero-order chi connectivity index (χ0) is 21.1. The number of anilines is 2. The molecule has 1 fully saturated rings. The van der Waals surface area contributed by atoms with Crippen LogP contribution in [0.1, 0.15) is 33.6 Å². The molecule has 1 aliphatic carbocycles. The Labute approximate surface area is 177 Å². The number of nitrogens with one attached hydrogen (secondary N) is 3. The van der Waals surface area contributed by atoms with E-state index in [4.69, 9.17) is 0 Å². The van der Waals surface area contributed by atoms with Crippen molar-refractivity contribution in [2.24, 2.45) is 0 Å². The average molecular weight is 443 g/mol. The first-order valence-electron chi connectivity index (χ1n) is 9.15. The fourth-order valence-corrected chi connectivity index (χ4v) is 4.47. The SMILES string of the molecule is O=C(Nc1ccc(C(=O)Nc2nccs2)cc1)c1ccc(S(=O)(=O)NC2CC2)cc1. The van der Waals surface area contributed by atoms with Gasteiger partial charge in [0.15, 0.2) is 5.13 Å². The first-order chi connectivity index (χ1) is 14.4. The summed E-state index contributed by atoms with van der Waals surface area (Å²) in [5.74, 6) is -0.673. The molecule has 0 unspecified atom stereocenters. The molecule has 0 atom stereocenters. The fourth-order valence-electron chi connectivity index (χ4n) is 2.64. The molecule has 1 saturated carbocycles. The minimum absolute atomic E-state index is 0.0181. The van der Waals surface area contributed by atoms with Crippen molar-refractivity contribution in [2.45, 2.75) is 23.8 Å². The highest BCUT2D eigenvalue weighted by Gasteiger charge is 2.28. The largest absolute Gasteiger partial charge is 0.322 e. The van der Waals surface area contributed by atoms with Crippen LogP contribution in [0.15, 0.2) is 65.0 Å². The fraction of sp³-hybridized carbons (Fsp3) is 0.150. The number of hydrogen-bond donors (Lipinski definition) is 3. The summed E-state index contributed by atoms with van der Waals surface area (Å²) >= 11 is 1.32. The summed E-state index contributed by atoms with van der Waals surface area (Å²) in [6.07, 6.45) is 3.31. The molecular formula is C20H18N4O4S2. The molecule has 0 saturated heterocycles. The number of aromatic nitrogens is 1. The minimum Gasteiger partial charge on any atom is -0.322 e. The Morgan fingerprint density at radius 3 is 2.07 bits per heavy atom. The standard InChI is InChI=1S/C20H18N4O4S2/c25-18(14-3-9-17(10-4-14)30(27,28)24-16-7-8-16)22-15-5-1-13(2-6-15)19(26)23-20-21-11-12-29-20/h1-6,9-12,16,24H,7-8H2,(H,22,25)(H,21,23,26). The monoisotopic (exact) mass is 442 g/mol. The molecule has 10 heteroatoms. The first kappa shape index (κ1) is 20.2. The van der Waals surface area contributed by atoms with Gasteiger partial charge in [-0.15, -0.1) is 11.3 Å². The second kappa shape index (κ2) is 8.34. The smallest absolute Gasteiger partial charge is 0.257 e. The molecule has 3 N–H and O–H groups in total. The van der Waals surface area contributed by atoms with E-state index in [0.29, 0.717) is 21.9 Å². The Balaban J connectivity index is 1.38. The van der Waals surface area contributed by atoms with Crippen molar-refractivity contribution in [2.75, 3.05) is 10.6 Å². The van der Waals surface area contributed by atoms with Crippen molar-refractivity contribution in [1.82, 2.24) is 9.71 Å². The normalized spacial score (nSPS) is 13.6. The summed E-state index contributed by atoms with van der Waals surface area (Å²) in [6.45, 7) is 0. The van der Waals surface area contributed by atoms with Crippen LogP contribution in [0, 0.1) is 0 Å². The molecule has 30 heavy (non-hydrogen) atoms. The molecular weight excluding hydrogens is 424 g/mol. The lowest BCUT2D eigenvalue weighted by Gasteiger charge is -2.08. The summed E-state index contributed by atoms with van der Waals surface area (Å²) in [6, 6.07) is 12.2. The maximum Gasteiger partial charge on any atom is 0.257 e. The van der Waals surface area contributed by atoms with Crippen molar-refractivity contribution in [3.8, 4) is 0 Å². The van der Waals surface area contributed by atoms with Crippen molar-refractivity contribution >= 4 is 44.0 Å². The Morgan fingerprint density at radius 2 is 1.50 bits per heavy atom. The highest BCUT2D eigenvalue weighted by molar-refractivity contribution is 7.89. The van der Waals surface area contributed by atoms with Gasteiger partial charge < -0.3 is 5.32 Å². The van der Waals surface area contributed by atoms with Crippen LogP contribution in [-0.4, -0.2) is 31.3 Å². The molecule has 0 bridgehead atoms. The predicted molar refractivity (Wildman–Crippen MR) is 114 cm³/mol. The number of carbonyl (C=O) groups is 2. The Morgan fingerprint density at radius 1 is 0.900 bits per heavy atom. The van der Waals surface area contributed by atoms with Crippen LogP contribution in [0.5, 0.6) is 0 Å². The number of benzene rings is 2. The lowest BCUT2D eigenvalue weighted by molar-refractivity contribution is 0.102. The maximum atomic E-state index is 12.4. The molecule has 154 valence electrons. The van der Waals surface area contributed by atoms with E-state index in [2.05, 4.69) is 20.3 Å². The van der Waals surface area contributed by atoms with E-state index >= 15 is 0 Å². The number of carbonyl (C=O) groups excluding carboxylic acids is 2. The Bertz CT molecular complexity index is 1150. The van der Waals surface area contributed by atoms with Crippen LogP contribution in [0.2, 0.25) is 0 Å². The Kier molecular flexibility index (Phi) is 5.62. The Hall–Kier alpha value is -3.08. The van der Waals surface area contributed by atoms with Gasteiger partial charge in [0.1, 0.15) is 0 Å². The van der Waals surface area contributed by atoms with Gasteiger partial charge >= 0.3 is 0 Å². The summed E-state index contributed by atoms with van der Waals surface area (Å²) in [5.41, 5.74) is 1.27. The molecule has 0 spiro atoms. The van der Waals surface area contributed by atoms with E-state index in [9.17, 15) is 18.0 Å². The average Bonchev–Trinajstić information content (AvgIpc) is 3.39. The van der Waals surface area contributed by atoms with E-state index in [1.165, 1.54) is 35.6 Å². The minimum atomic E-state index is -3.55. The van der Waals surface area contributed by atoms with Crippen LogP contribution in [0.4, 0.5) is 10.8 Å². The highest BCUT2D eigenvalue weighted by Crippen LogP contribution is 2.22. The van der Waals surface area contributed by atoms with E-state index in [-0.39, 0.29) is 22.8 Å². The molecule has 3 aromatic rings. The number of rotatable bonds is 7. The second-order valence-electron chi connectivity index (χ2n) is 6.74. The van der Waals surface area contributed by atoms with Gasteiger partial charge in [0.25, 0.3) is 11.8 Å². The molecule has 8 nitrogen and oxygen atoms in total. The summed E-state index contributed by atoms with van der Waals surface area (Å²) in [5, 5.41) is 7.68. The van der Waals surface area contributed by atoms with E-state index in [0.717, 1.165) is 12.8 Å². The third kappa shape index (κ3) is 4.90. The van der Waals surface area contributed by atoms with Gasteiger partial charge in [-0.3, -0.25) is 14.9 Å². The first-order valence-corrected chi connectivity index (χ1v) is 11.5. The van der Waals surface area contributed by atoms with Crippen LogP contribution < -0.4 is 15.4 Å². The molecule has 0 aliphatic heterocycles. The van der Waals surface area contributed by atoms with Crippen molar-refractivity contribution in [1.29, 1.82) is 0 Å². The summed E-state index contributed by atoms with van der Waals surface area (Å²) < 4.78 is 27.0. The number of hydrogen-bond acceptors (Lipinski definition) is 6. The zero-order valence-corrected chi connectivity index (χ0v) is 17.3. The third-order valence-electron chi connectivity index (χ3n) is 4.38. The quantitative estimate of drug-likeness (QED) is 0.520. The highest BCUT2D eigenvalue weighted by atomic mass is 32.2. The van der Waals surface area contributed by atoms with Crippen molar-refractivity contribution < 1.29 is 18.0 Å². The van der Waals surface area contributed by atoms with E-state index in [1.54, 1.807) is 35.8 Å². The molecule has 2 amide bonds. The lowest BCUT2D eigenvalue weighted by Crippen LogP contribution is -2.25. The van der Waals surface area contributed by atoms with E-state index < -0.39 is 10.0 Å². The van der Waals surface area contributed by atoms with Gasteiger partial charge in [-0.1, -0.05) is 0 Å².